The smallest absolute Gasteiger partial charge is 0.261 e. The second kappa shape index (κ2) is 13.0. The number of rotatable bonds is 6. The molecule has 1 amide bonds. The molecule has 12 heteroatoms. The van der Waals surface area contributed by atoms with E-state index >= 15 is 4.39 Å². The van der Waals surface area contributed by atoms with Crippen molar-refractivity contribution in [2.75, 3.05) is 56.5 Å². The number of aromatic nitrogens is 5. The summed E-state index contributed by atoms with van der Waals surface area (Å²) in [6, 6.07) is 8.57. The predicted molar refractivity (Wildman–Crippen MR) is 193 cm³/mol. The highest BCUT2D eigenvalue weighted by molar-refractivity contribution is 6.05. The number of imidazole rings is 1. The third kappa shape index (κ3) is 6.09. The number of aliphatic hydroxyl groups is 1. The van der Waals surface area contributed by atoms with Gasteiger partial charge in [0.15, 0.2) is 5.82 Å². The summed E-state index contributed by atoms with van der Waals surface area (Å²) in [4.78, 5) is 30.9. The molecule has 50 heavy (non-hydrogen) atoms. The fourth-order valence-electron chi connectivity index (χ4n) is 9.22. The van der Waals surface area contributed by atoms with Gasteiger partial charge in [-0.3, -0.25) is 14.8 Å². The van der Waals surface area contributed by atoms with E-state index in [-0.39, 0.29) is 23.4 Å². The van der Waals surface area contributed by atoms with Crippen LogP contribution >= 0.6 is 0 Å². The lowest BCUT2D eigenvalue weighted by atomic mass is 9.72. The van der Waals surface area contributed by atoms with Crippen LogP contribution < -0.4 is 10.2 Å². The minimum Gasteiger partial charge on any atom is -0.393 e. The molecule has 1 saturated carbocycles. The van der Waals surface area contributed by atoms with Crippen LogP contribution in [0.1, 0.15) is 79.2 Å². The fourth-order valence-corrected chi connectivity index (χ4v) is 9.22. The number of pyridine rings is 1. The number of carbonyl (C=O) groups excluding carboxylic acids is 1. The van der Waals surface area contributed by atoms with Crippen molar-refractivity contribution in [1.29, 1.82) is 0 Å². The number of amides is 1. The Balaban J connectivity index is 1.04. The van der Waals surface area contributed by atoms with Gasteiger partial charge in [-0.25, -0.2) is 14.4 Å². The minimum atomic E-state index is -0.682. The number of aryl methyl sites for hydroxylation is 2. The Morgan fingerprint density at radius 1 is 0.940 bits per heavy atom. The van der Waals surface area contributed by atoms with Gasteiger partial charge in [0, 0.05) is 67.9 Å². The Bertz CT molecular complexity index is 1890. The molecule has 0 bridgehead atoms. The number of benzene rings is 1. The molecule has 266 valence electrons. The van der Waals surface area contributed by atoms with E-state index in [2.05, 4.69) is 53.8 Å². The molecule has 3 aliphatic heterocycles. The number of hydrogen-bond acceptors (Lipinski definition) is 8. The average molecular weight is 684 g/mol. The van der Waals surface area contributed by atoms with Gasteiger partial charge >= 0.3 is 0 Å². The first-order valence-electron chi connectivity index (χ1n) is 18.4. The number of anilines is 2. The molecule has 2 N–H and O–H groups in total. The van der Waals surface area contributed by atoms with Crippen LogP contribution in [0.2, 0.25) is 0 Å². The fraction of sp³-hybridized carbons (Fsp3) is 0.579. The molecule has 0 unspecified atom stereocenters. The summed E-state index contributed by atoms with van der Waals surface area (Å²) >= 11 is 0. The van der Waals surface area contributed by atoms with Crippen molar-refractivity contribution in [3.63, 3.8) is 0 Å². The molecule has 1 aromatic carbocycles. The van der Waals surface area contributed by atoms with Gasteiger partial charge in [-0.1, -0.05) is 0 Å². The number of hydrogen-bond donors (Lipinski definition) is 2. The van der Waals surface area contributed by atoms with Gasteiger partial charge in [0.2, 0.25) is 5.95 Å². The predicted octanol–water partition coefficient (Wildman–Crippen LogP) is 5.31. The topological polar surface area (TPSA) is 108 Å². The molecule has 0 atom stereocenters. The van der Waals surface area contributed by atoms with Gasteiger partial charge in [-0.2, -0.15) is 5.10 Å². The Hall–Kier alpha value is -3.87. The van der Waals surface area contributed by atoms with E-state index in [0.29, 0.717) is 41.5 Å². The van der Waals surface area contributed by atoms with Crippen molar-refractivity contribution in [3.8, 4) is 11.3 Å². The highest BCUT2D eigenvalue weighted by Crippen LogP contribution is 2.41. The maximum Gasteiger partial charge on any atom is 0.261 e. The normalized spacial score (nSPS) is 23.4. The second-order valence-corrected chi connectivity index (χ2v) is 15.6. The minimum absolute atomic E-state index is 0.0511. The second-order valence-electron chi connectivity index (χ2n) is 15.6. The van der Waals surface area contributed by atoms with Crippen molar-refractivity contribution in [3.05, 3.63) is 53.2 Å². The highest BCUT2D eigenvalue weighted by Gasteiger charge is 2.44. The highest BCUT2D eigenvalue weighted by atomic mass is 19.1. The molecule has 4 aliphatic rings. The summed E-state index contributed by atoms with van der Waals surface area (Å²) in [5.74, 6) is -0.854. The molecule has 6 heterocycles. The van der Waals surface area contributed by atoms with Crippen LogP contribution in [0.3, 0.4) is 0 Å². The SMILES string of the molecule is Cc1cc(C(=O)Nc2nc3ccc(N4CCC(N5CCC6(CC5)CN(C)C6)CC4)cc3n2[C@H]2CC[C@@H](O)CC2)c(F)c(-c2cnn(C)c2C)n1. The zero-order valence-electron chi connectivity index (χ0n) is 29.8. The van der Waals surface area contributed by atoms with Crippen LogP contribution in [0, 0.1) is 25.1 Å². The van der Waals surface area contributed by atoms with Crippen LogP contribution in [0.15, 0.2) is 30.5 Å². The first-order valence-corrected chi connectivity index (χ1v) is 18.4. The maximum absolute atomic E-state index is 16.0. The monoisotopic (exact) mass is 683 g/mol. The van der Waals surface area contributed by atoms with Gasteiger partial charge < -0.3 is 24.4 Å². The third-order valence-corrected chi connectivity index (χ3v) is 12.2. The number of halogens is 1. The van der Waals surface area contributed by atoms with Gasteiger partial charge in [-0.05, 0) is 115 Å². The summed E-state index contributed by atoms with van der Waals surface area (Å²) in [7, 11) is 4.03. The van der Waals surface area contributed by atoms with Crippen LogP contribution in [-0.4, -0.2) is 104 Å². The van der Waals surface area contributed by atoms with Crippen LogP contribution in [0.4, 0.5) is 16.0 Å². The van der Waals surface area contributed by atoms with Crippen LogP contribution in [0.5, 0.6) is 0 Å². The number of piperidine rings is 2. The van der Waals surface area contributed by atoms with Crippen LogP contribution in [-0.2, 0) is 7.05 Å². The zero-order chi connectivity index (χ0) is 34.7. The lowest BCUT2D eigenvalue weighted by molar-refractivity contribution is -0.0419. The number of nitrogens with one attached hydrogen (secondary N) is 1. The molecule has 11 nitrogen and oxygen atoms in total. The van der Waals surface area contributed by atoms with Crippen LogP contribution in [0.25, 0.3) is 22.3 Å². The molecule has 4 fully saturated rings. The van der Waals surface area contributed by atoms with E-state index in [1.807, 2.05) is 13.0 Å². The van der Waals surface area contributed by atoms with Crippen molar-refractivity contribution in [2.45, 2.75) is 83.4 Å². The van der Waals surface area contributed by atoms with Crippen molar-refractivity contribution in [2.24, 2.45) is 12.5 Å². The van der Waals surface area contributed by atoms with E-state index in [4.69, 9.17) is 4.98 Å². The van der Waals surface area contributed by atoms with Crippen molar-refractivity contribution >= 4 is 28.6 Å². The Morgan fingerprint density at radius 3 is 2.32 bits per heavy atom. The first-order chi connectivity index (χ1) is 24.1. The lowest BCUT2D eigenvalue weighted by Crippen LogP contribution is -2.60. The molecule has 3 aromatic heterocycles. The summed E-state index contributed by atoms with van der Waals surface area (Å²) in [6.45, 7) is 10.6. The van der Waals surface area contributed by atoms with E-state index in [1.165, 1.54) is 45.1 Å². The summed E-state index contributed by atoms with van der Waals surface area (Å²) in [6.07, 6.45) is 9.14. The molecule has 1 spiro atoms. The summed E-state index contributed by atoms with van der Waals surface area (Å²) in [5, 5.41) is 17.6. The number of fused-ring (bicyclic) bond motifs is 1. The standard InChI is InChI=1S/C38H50FN9O2/c1-24-19-30(34(39)35(41-24)31-21-40-45(4)25(31)2)36(50)43-37-42-32-10-7-28(20-33(32)48(37)27-5-8-29(49)9-6-27)46-15-11-26(12-16-46)47-17-13-38(14-18-47)22-44(3)23-38/h7,10,19-21,26-27,29,49H,5-6,8-9,11-18,22-23H2,1-4H3,(H,42,43,50)/t27-,29+. The number of nitrogens with zero attached hydrogens (tertiary/aromatic N) is 8. The maximum atomic E-state index is 16.0. The number of likely N-dealkylation sites (tertiary alicyclic amines) is 2. The number of aliphatic hydroxyl groups excluding tert-OH is 1. The average Bonchev–Trinajstić information content (AvgIpc) is 3.63. The van der Waals surface area contributed by atoms with E-state index in [1.54, 1.807) is 24.9 Å². The summed E-state index contributed by atoms with van der Waals surface area (Å²) in [5.41, 5.74) is 5.35. The molecular formula is C38H50FN9O2. The van der Waals surface area contributed by atoms with Gasteiger partial charge in [-0.15, -0.1) is 0 Å². The molecule has 4 aromatic rings. The van der Waals surface area contributed by atoms with Gasteiger partial charge in [0.25, 0.3) is 5.91 Å². The van der Waals surface area contributed by atoms with E-state index < -0.39 is 11.7 Å². The Morgan fingerprint density at radius 2 is 1.66 bits per heavy atom. The van der Waals surface area contributed by atoms with E-state index in [9.17, 15) is 9.90 Å². The molecule has 8 rings (SSSR count). The van der Waals surface area contributed by atoms with Crippen molar-refractivity contribution < 1.29 is 14.3 Å². The Labute approximate surface area is 293 Å². The zero-order valence-corrected chi connectivity index (χ0v) is 29.8. The third-order valence-electron chi connectivity index (χ3n) is 12.2. The van der Waals surface area contributed by atoms with Gasteiger partial charge in [0.1, 0.15) is 5.69 Å². The quantitative estimate of drug-likeness (QED) is 0.282. The van der Waals surface area contributed by atoms with E-state index in [0.717, 1.165) is 61.2 Å². The molecule has 1 aliphatic carbocycles. The van der Waals surface area contributed by atoms with Crippen molar-refractivity contribution in [1.82, 2.24) is 34.1 Å². The lowest BCUT2D eigenvalue weighted by Gasteiger charge is -2.54. The first kappa shape index (κ1) is 33.3. The molecule has 3 saturated heterocycles. The largest absolute Gasteiger partial charge is 0.393 e. The summed E-state index contributed by atoms with van der Waals surface area (Å²) < 4.78 is 19.8. The number of carbonyl (C=O) groups is 1. The Kier molecular flexibility index (Phi) is 8.67. The molecular weight excluding hydrogens is 633 g/mol. The van der Waals surface area contributed by atoms with Gasteiger partial charge in [0.05, 0.1) is 28.9 Å². The molecule has 0 radical (unpaired) electrons.